The van der Waals surface area contributed by atoms with E-state index in [4.69, 9.17) is 9.47 Å². The monoisotopic (exact) mass is 479 g/mol. The Kier molecular flexibility index (Phi) is 6.33. The van der Waals surface area contributed by atoms with E-state index >= 15 is 0 Å². The lowest BCUT2D eigenvalue weighted by Gasteiger charge is -2.34. The summed E-state index contributed by atoms with van der Waals surface area (Å²) in [5, 5.41) is 7.52. The number of urea groups is 1. The minimum absolute atomic E-state index is 0.119. The van der Waals surface area contributed by atoms with Crippen LogP contribution in [0, 0.1) is 6.92 Å². The fourth-order valence-electron chi connectivity index (χ4n) is 3.89. The summed E-state index contributed by atoms with van der Waals surface area (Å²) in [6.45, 7) is 5.83. The number of carbonyl (C=O) groups excluding carboxylic acids is 2. The minimum Gasteiger partial charge on any atom is -0.454 e. The van der Waals surface area contributed by atoms with Gasteiger partial charge in [-0.15, -0.1) is 11.3 Å². The molecule has 3 heterocycles. The second-order valence-corrected chi connectivity index (χ2v) is 9.10. The molecule has 0 atom stereocenters. The first-order valence-corrected chi connectivity index (χ1v) is 11.9. The van der Waals surface area contributed by atoms with Crippen molar-refractivity contribution in [2.24, 2.45) is 0 Å². The second kappa shape index (κ2) is 9.70. The zero-order valence-electron chi connectivity index (χ0n) is 18.7. The number of thiazole rings is 1. The summed E-state index contributed by atoms with van der Waals surface area (Å²) in [5.41, 5.74) is 3.31. The highest BCUT2D eigenvalue weighted by molar-refractivity contribution is 7.14. The van der Waals surface area contributed by atoms with Crippen molar-refractivity contribution < 1.29 is 19.1 Å². The van der Waals surface area contributed by atoms with Crippen molar-refractivity contribution in [1.29, 1.82) is 0 Å². The fraction of sp³-hybridized carbons (Fsp3) is 0.292. The van der Waals surface area contributed by atoms with E-state index in [1.54, 1.807) is 10.3 Å². The van der Waals surface area contributed by atoms with Crippen molar-refractivity contribution in [3.63, 3.8) is 0 Å². The lowest BCUT2D eigenvalue weighted by Crippen LogP contribution is -2.48. The van der Waals surface area contributed by atoms with Crippen molar-refractivity contribution >= 4 is 34.1 Å². The Balaban J connectivity index is 1.11. The molecular formula is C24H25N5O4S. The lowest BCUT2D eigenvalue weighted by molar-refractivity contribution is 0.0623. The van der Waals surface area contributed by atoms with Gasteiger partial charge in [0.15, 0.2) is 16.6 Å². The largest absolute Gasteiger partial charge is 0.454 e. The van der Waals surface area contributed by atoms with Crippen molar-refractivity contribution in [2.45, 2.75) is 13.5 Å². The fourth-order valence-corrected chi connectivity index (χ4v) is 4.57. The lowest BCUT2D eigenvalue weighted by atomic mass is 10.1. The molecule has 0 unspecified atom stereocenters. The van der Waals surface area contributed by atoms with E-state index in [-0.39, 0.29) is 12.7 Å². The first-order valence-electron chi connectivity index (χ1n) is 11.0. The van der Waals surface area contributed by atoms with Crippen LogP contribution in [0.3, 0.4) is 0 Å². The molecule has 1 fully saturated rings. The third-order valence-electron chi connectivity index (χ3n) is 5.76. The van der Waals surface area contributed by atoms with Crippen LogP contribution in [0.4, 0.5) is 15.6 Å². The molecule has 0 spiro atoms. The summed E-state index contributed by atoms with van der Waals surface area (Å²) in [5.74, 6) is 1.45. The number of rotatable bonds is 5. The van der Waals surface area contributed by atoms with Gasteiger partial charge in [0.25, 0.3) is 5.91 Å². The van der Waals surface area contributed by atoms with E-state index < -0.39 is 6.03 Å². The van der Waals surface area contributed by atoms with E-state index in [2.05, 4.69) is 20.5 Å². The number of anilines is 2. The summed E-state index contributed by atoms with van der Waals surface area (Å²) < 4.78 is 10.8. The van der Waals surface area contributed by atoms with Crippen LogP contribution in [-0.2, 0) is 6.54 Å². The van der Waals surface area contributed by atoms with Gasteiger partial charge in [-0.05, 0) is 36.8 Å². The summed E-state index contributed by atoms with van der Waals surface area (Å²) >= 11 is 1.23. The minimum atomic E-state index is -0.394. The predicted molar refractivity (Wildman–Crippen MR) is 130 cm³/mol. The summed E-state index contributed by atoms with van der Waals surface area (Å²) in [6.07, 6.45) is 0. The molecule has 2 aliphatic heterocycles. The molecule has 0 saturated carbocycles. The number of aromatic nitrogens is 1. The van der Waals surface area contributed by atoms with Gasteiger partial charge in [0, 0.05) is 43.8 Å². The smallest absolute Gasteiger partial charge is 0.325 e. The Bertz CT molecular complexity index is 1190. The molecule has 1 aromatic heterocycles. The highest BCUT2D eigenvalue weighted by Crippen LogP contribution is 2.33. The van der Waals surface area contributed by atoms with E-state index in [1.165, 1.54) is 11.3 Å². The number of nitrogens with zero attached hydrogens (tertiary/aromatic N) is 3. The van der Waals surface area contributed by atoms with Crippen LogP contribution in [0.5, 0.6) is 11.5 Å². The van der Waals surface area contributed by atoms with Gasteiger partial charge in [0.1, 0.15) is 5.69 Å². The SMILES string of the molecule is Cc1ccc(NC(=O)Nc2nc(C(=O)N3CCN(Cc4ccc5c(c4)OCO5)CC3)cs2)cc1. The van der Waals surface area contributed by atoms with Gasteiger partial charge in [-0.3, -0.25) is 15.0 Å². The number of hydrogen-bond acceptors (Lipinski definition) is 7. The molecular weight excluding hydrogens is 454 g/mol. The third kappa shape index (κ3) is 5.13. The number of hydrogen-bond donors (Lipinski definition) is 2. The van der Waals surface area contributed by atoms with E-state index in [1.807, 2.05) is 49.4 Å². The molecule has 0 bridgehead atoms. The number of piperazine rings is 1. The standard InChI is InChI=1S/C24H25N5O4S/c1-16-2-5-18(6-3-16)25-23(31)27-24-26-19(14-34-24)22(30)29-10-8-28(9-11-29)13-17-4-7-20-21(12-17)33-15-32-20/h2-7,12,14H,8-11,13,15H2,1H3,(H2,25,26,27,31). The average molecular weight is 480 g/mol. The first-order chi connectivity index (χ1) is 16.5. The van der Waals surface area contributed by atoms with Gasteiger partial charge in [0.05, 0.1) is 0 Å². The molecule has 2 N–H and O–H groups in total. The molecule has 9 nitrogen and oxygen atoms in total. The molecule has 0 radical (unpaired) electrons. The molecule has 1 saturated heterocycles. The molecule has 34 heavy (non-hydrogen) atoms. The molecule has 2 aliphatic rings. The highest BCUT2D eigenvalue weighted by Gasteiger charge is 2.24. The zero-order chi connectivity index (χ0) is 23.5. The summed E-state index contributed by atoms with van der Waals surface area (Å²) in [7, 11) is 0. The van der Waals surface area contributed by atoms with Crippen LogP contribution >= 0.6 is 11.3 Å². The van der Waals surface area contributed by atoms with Crippen molar-refractivity contribution in [1.82, 2.24) is 14.8 Å². The van der Waals surface area contributed by atoms with Crippen molar-refractivity contribution in [3.05, 3.63) is 64.7 Å². The molecule has 2 aromatic carbocycles. The van der Waals surface area contributed by atoms with Crippen LogP contribution in [0.25, 0.3) is 0 Å². The molecule has 3 aromatic rings. The summed E-state index contributed by atoms with van der Waals surface area (Å²) in [6, 6.07) is 13.1. The Hall–Kier alpha value is -3.63. The van der Waals surface area contributed by atoms with E-state index in [0.717, 1.165) is 42.3 Å². The maximum atomic E-state index is 12.9. The molecule has 176 valence electrons. The van der Waals surface area contributed by atoms with Crippen LogP contribution in [0.1, 0.15) is 21.6 Å². The number of benzene rings is 2. The predicted octanol–water partition coefficient (Wildman–Crippen LogP) is 3.78. The van der Waals surface area contributed by atoms with Crippen LogP contribution in [0.15, 0.2) is 47.8 Å². The van der Waals surface area contributed by atoms with Gasteiger partial charge >= 0.3 is 6.03 Å². The second-order valence-electron chi connectivity index (χ2n) is 8.24. The Labute approximate surface area is 201 Å². The van der Waals surface area contributed by atoms with Crippen molar-refractivity contribution in [2.75, 3.05) is 43.6 Å². The topological polar surface area (TPSA) is 96.0 Å². The molecule has 5 rings (SSSR count). The number of carbonyl (C=O) groups is 2. The normalized spacial score (nSPS) is 15.3. The van der Waals surface area contributed by atoms with Crippen LogP contribution in [-0.4, -0.2) is 59.7 Å². The summed E-state index contributed by atoms with van der Waals surface area (Å²) in [4.78, 5) is 33.6. The Morgan fingerprint density at radius 1 is 1.00 bits per heavy atom. The quantitative estimate of drug-likeness (QED) is 0.578. The van der Waals surface area contributed by atoms with E-state index in [0.29, 0.717) is 29.6 Å². The van der Waals surface area contributed by atoms with Gasteiger partial charge < -0.3 is 19.7 Å². The number of amides is 3. The molecule has 10 heteroatoms. The van der Waals surface area contributed by atoms with Crippen LogP contribution < -0.4 is 20.1 Å². The van der Waals surface area contributed by atoms with E-state index in [9.17, 15) is 9.59 Å². The van der Waals surface area contributed by atoms with Gasteiger partial charge in [-0.2, -0.15) is 0 Å². The average Bonchev–Trinajstić information content (AvgIpc) is 3.50. The van der Waals surface area contributed by atoms with Crippen LogP contribution in [0.2, 0.25) is 0 Å². The molecule has 3 amide bonds. The Morgan fingerprint density at radius 3 is 2.56 bits per heavy atom. The van der Waals surface area contributed by atoms with Gasteiger partial charge in [0.2, 0.25) is 6.79 Å². The Morgan fingerprint density at radius 2 is 1.76 bits per heavy atom. The maximum Gasteiger partial charge on any atom is 0.325 e. The van der Waals surface area contributed by atoms with Gasteiger partial charge in [-0.1, -0.05) is 23.8 Å². The highest BCUT2D eigenvalue weighted by atomic mass is 32.1. The zero-order valence-corrected chi connectivity index (χ0v) is 19.6. The maximum absolute atomic E-state index is 12.9. The number of ether oxygens (including phenoxy) is 2. The first kappa shape index (κ1) is 22.2. The third-order valence-corrected chi connectivity index (χ3v) is 6.51. The number of nitrogens with one attached hydrogen (secondary N) is 2. The van der Waals surface area contributed by atoms with Crippen molar-refractivity contribution in [3.8, 4) is 11.5 Å². The number of fused-ring (bicyclic) bond motifs is 1. The number of aryl methyl sites for hydroxylation is 1. The van der Waals surface area contributed by atoms with Gasteiger partial charge in [-0.25, -0.2) is 9.78 Å². The molecule has 0 aliphatic carbocycles.